The Kier molecular flexibility index (Phi) is 7.87. The van der Waals surface area contributed by atoms with Crippen LogP contribution in [-0.4, -0.2) is 104 Å². The van der Waals surface area contributed by atoms with Crippen molar-refractivity contribution in [3.8, 4) is 51.7 Å². The first-order valence-electron chi connectivity index (χ1n) is 13.0. The van der Waals surface area contributed by atoms with Gasteiger partial charge in [0.25, 0.3) is 0 Å². The number of esters is 1. The van der Waals surface area contributed by atoms with Crippen LogP contribution in [-0.2, 0) is 15.9 Å². The standard InChI is InChI=1S/C28H28O16/c29-7-18-23(38)24(39)25(40)27(43-18)19-11(30)6-16-10(20(19)35)5-17(26(42-16)8-1-12(31)21(36)13(32)2-8)44-28(41)9-3-14(33)22(37)15(34)4-9/h1-4,6,17-18,23-27,29-40H,5,7H2/t17-,18-,23-,24+,25-,26-,27+/m1/s1. The Morgan fingerprint density at radius 1 is 0.727 bits per heavy atom. The van der Waals surface area contributed by atoms with E-state index in [1.54, 1.807) is 0 Å². The molecular formula is C28H28O16. The van der Waals surface area contributed by atoms with Gasteiger partial charge in [0.2, 0.25) is 0 Å². The lowest BCUT2D eigenvalue weighted by Crippen LogP contribution is -2.55. The first-order chi connectivity index (χ1) is 20.7. The van der Waals surface area contributed by atoms with Crippen LogP contribution in [0.4, 0.5) is 0 Å². The minimum Gasteiger partial charge on any atom is -0.507 e. The van der Waals surface area contributed by atoms with Gasteiger partial charge in [-0.15, -0.1) is 0 Å². The van der Waals surface area contributed by atoms with E-state index in [1.807, 2.05) is 0 Å². The molecule has 44 heavy (non-hydrogen) atoms. The van der Waals surface area contributed by atoms with Gasteiger partial charge in [-0.1, -0.05) is 0 Å². The Hall–Kier alpha value is -4.87. The molecule has 0 aliphatic carbocycles. The van der Waals surface area contributed by atoms with Crippen LogP contribution in [0.25, 0.3) is 0 Å². The summed E-state index contributed by atoms with van der Waals surface area (Å²) in [5.74, 6) is -7.77. The van der Waals surface area contributed by atoms with Gasteiger partial charge in [0.05, 0.1) is 17.7 Å². The quantitative estimate of drug-likeness (QED) is 0.129. The molecule has 2 aliphatic rings. The molecule has 1 fully saturated rings. The van der Waals surface area contributed by atoms with E-state index in [1.165, 1.54) is 0 Å². The second kappa shape index (κ2) is 11.3. The predicted octanol–water partition coefficient (Wildman–Crippen LogP) is -0.252. The lowest BCUT2D eigenvalue weighted by Gasteiger charge is -2.41. The van der Waals surface area contributed by atoms with Gasteiger partial charge < -0.3 is 75.5 Å². The molecule has 2 aliphatic heterocycles. The SMILES string of the molecule is O=C(O[C@@H]1Cc2c(cc(O)c([C@@H]3O[C@H](CO)[C@@H](O)[C@H](O)[C@H]3O)c2O)O[C@@H]1c1cc(O)c(O)c(O)c1)c1cc(O)c(O)c(O)c1. The molecule has 0 amide bonds. The Balaban J connectivity index is 1.58. The maximum absolute atomic E-state index is 13.1. The van der Waals surface area contributed by atoms with Crippen molar-refractivity contribution >= 4 is 5.97 Å². The van der Waals surface area contributed by atoms with Gasteiger partial charge in [-0.2, -0.15) is 0 Å². The fourth-order valence-electron chi connectivity index (χ4n) is 5.24. The van der Waals surface area contributed by atoms with Gasteiger partial charge in [0, 0.05) is 23.6 Å². The number of hydrogen-bond donors (Lipinski definition) is 12. The molecule has 0 radical (unpaired) electrons. The van der Waals surface area contributed by atoms with E-state index < -0.39 is 119 Å². The maximum atomic E-state index is 13.1. The van der Waals surface area contributed by atoms with Crippen molar-refractivity contribution < 1.29 is 80.3 Å². The zero-order valence-electron chi connectivity index (χ0n) is 22.3. The first-order valence-corrected chi connectivity index (χ1v) is 13.0. The van der Waals surface area contributed by atoms with Crippen molar-refractivity contribution in [3.63, 3.8) is 0 Å². The Morgan fingerprint density at radius 2 is 1.30 bits per heavy atom. The number of aliphatic hydroxyl groups is 4. The van der Waals surface area contributed by atoms with E-state index in [4.69, 9.17) is 14.2 Å². The second-order valence-corrected chi connectivity index (χ2v) is 10.3. The number of phenols is 8. The van der Waals surface area contributed by atoms with Crippen LogP contribution in [0.1, 0.15) is 39.3 Å². The summed E-state index contributed by atoms with van der Waals surface area (Å²) in [6.07, 6.45) is -11.7. The molecule has 0 aromatic heterocycles. The van der Waals surface area contributed by atoms with Crippen LogP contribution in [0.5, 0.6) is 51.7 Å². The summed E-state index contributed by atoms with van der Waals surface area (Å²) in [5, 5.41) is 122. The summed E-state index contributed by atoms with van der Waals surface area (Å²) in [5.41, 5.74) is -1.04. The van der Waals surface area contributed by atoms with Gasteiger partial charge in [0.1, 0.15) is 53.9 Å². The van der Waals surface area contributed by atoms with Crippen LogP contribution in [0.2, 0.25) is 0 Å². The van der Waals surface area contributed by atoms with E-state index in [0.29, 0.717) is 0 Å². The highest BCUT2D eigenvalue weighted by atomic mass is 16.6. The monoisotopic (exact) mass is 620 g/mol. The normalized spacial score (nSPS) is 26.4. The van der Waals surface area contributed by atoms with Gasteiger partial charge in [0.15, 0.2) is 40.6 Å². The van der Waals surface area contributed by atoms with Crippen LogP contribution >= 0.6 is 0 Å². The van der Waals surface area contributed by atoms with Gasteiger partial charge in [-0.05, 0) is 24.3 Å². The third kappa shape index (κ3) is 5.14. The van der Waals surface area contributed by atoms with Crippen molar-refractivity contribution in [3.05, 3.63) is 52.6 Å². The fourth-order valence-corrected chi connectivity index (χ4v) is 5.24. The molecule has 16 nitrogen and oxygen atoms in total. The number of carbonyl (C=O) groups excluding carboxylic acids is 1. The fraction of sp³-hybridized carbons (Fsp3) is 0.321. The first kappa shape index (κ1) is 30.6. The molecule has 3 aromatic rings. The molecule has 0 bridgehead atoms. The zero-order valence-corrected chi connectivity index (χ0v) is 22.3. The molecule has 236 valence electrons. The Bertz CT molecular complexity index is 1560. The number of benzene rings is 3. The lowest BCUT2D eigenvalue weighted by atomic mass is 9.87. The smallest absolute Gasteiger partial charge is 0.338 e. The molecule has 12 N–H and O–H groups in total. The molecule has 2 heterocycles. The summed E-state index contributed by atoms with van der Waals surface area (Å²) in [7, 11) is 0. The summed E-state index contributed by atoms with van der Waals surface area (Å²) in [4.78, 5) is 13.1. The predicted molar refractivity (Wildman–Crippen MR) is 142 cm³/mol. The van der Waals surface area contributed by atoms with Crippen molar-refractivity contribution in [2.45, 2.75) is 49.1 Å². The van der Waals surface area contributed by atoms with E-state index in [0.717, 1.165) is 30.3 Å². The van der Waals surface area contributed by atoms with Gasteiger partial charge in [-0.3, -0.25) is 0 Å². The van der Waals surface area contributed by atoms with Crippen LogP contribution < -0.4 is 4.74 Å². The molecule has 0 spiro atoms. The maximum Gasteiger partial charge on any atom is 0.338 e. The molecule has 3 aromatic carbocycles. The van der Waals surface area contributed by atoms with E-state index >= 15 is 0 Å². The number of phenolic OH excluding ortho intramolecular Hbond substituents is 8. The molecule has 1 saturated heterocycles. The molecule has 5 rings (SSSR count). The van der Waals surface area contributed by atoms with Crippen molar-refractivity contribution in [2.24, 2.45) is 0 Å². The molecule has 16 heteroatoms. The third-order valence-corrected chi connectivity index (χ3v) is 7.54. The van der Waals surface area contributed by atoms with E-state index in [9.17, 15) is 66.1 Å². The third-order valence-electron chi connectivity index (χ3n) is 7.54. The second-order valence-electron chi connectivity index (χ2n) is 10.3. The number of rotatable bonds is 5. The Morgan fingerprint density at radius 3 is 1.86 bits per heavy atom. The number of hydrogen-bond acceptors (Lipinski definition) is 16. The lowest BCUT2D eigenvalue weighted by molar-refractivity contribution is -0.232. The summed E-state index contributed by atoms with van der Waals surface area (Å²) < 4.78 is 17.0. The van der Waals surface area contributed by atoms with Crippen molar-refractivity contribution in [2.75, 3.05) is 6.61 Å². The largest absolute Gasteiger partial charge is 0.507 e. The van der Waals surface area contributed by atoms with Crippen LogP contribution in [0.3, 0.4) is 0 Å². The van der Waals surface area contributed by atoms with Crippen molar-refractivity contribution in [1.82, 2.24) is 0 Å². The summed E-state index contributed by atoms with van der Waals surface area (Å²) >= 11 is 0. The number of aromatic hydroxyl groups is 8. The van der Waals surface area contributed by atoms with Crippen LogP contribution in [0, 0.1) is 0 Å². The average Bonchev–Trinajstić information content (AvgIpc) is 2.98. The topological polar surface area (TPSA) is 288 Å². The summed E-state index contributed by atoms with van der Waals surface area (Å²) in [6, 6.07) is 4.59. The molecule has 7 atom stereocenters. The van der Waals surface area contributed by atoms with E-state index in [-0.39, 0.29) is 16.9 Å². The Labute approximate surface area is 246 Å². The minimum atomic E-state index is -1.88. The zero-order chi connectivity index (χ0) is 32.2. The van der Waals surface area contributed by atoms with Gasteiger partial charge in [-0.25, -0.2) is 4.79 Å². The number of carbonyl (C=O) groups is 1. The molecule has 0 saturated carbocycles. The summed E-state index contributed by atoms with van der Waals surface area (Å²) in [6.45, 7) is -0.786. The van der Waals surface area contributed by atoms with Gasteiger partial charge >= 0.3 is 5.97 Å². The number of fused-ring (bicyclic) bond motifs is 1. The highest BCUT2D eigenvalue weighted by molar-refractivity contribution is 5.91. The highest BCUT2D eigenvalue weighted by Crippen LogP contribution is 2.51. The average molecular weight is 621 g/mol. The minimum absolute atomic E-state index is 0.0466. The van der Waals surface area contributed by atoms with Crippen molar-refractivity contribution in [1.29, 1.82) is 0 Å². The number of aliphatic hydroxyl groups excluding tert-OH is 4. The highest BCUT2D eigenvalue weighted by Gasteiger charge is 2.47. The number of ether oxygens (including phenoxy) is 3. The van der Waals surface area contributed by atoms with E-state index in [2.05, 4.69) is 0 Å². The molecular weight excluding hydrogens is 592 g/mol. The molecule has 0 unspecified atom stereocenters. The van der Waals surface area contributed by atoms with Crippen LogP contribution in [0.15, 0.2) is 30.3 Å².